The number of aryl methyl sites for hydroxylation is 1. The van der Waals surface area contributed by atoms with Crippen molar-refractivity contribution in [1.29, 1.82) is 0 Å². The Morgan fingerprint density at radius 3 is 2.25 bits per heavy atom. The van der Waals surface area contributed by atoms with Crippen LogP contribution in [-0.4, -0.2) is 40.7 Å². The number of nitrogens with zero attached hydrogens (tertiary/aromatic N) is 2. The summed E-state index contributed by atoms with van der Waals surface area (Å²) in [5.74, 6) is -2.08. The standard InChI is InChI=1S/C22H23F3N2O5/c1-4-31-20(29)18-17(13-6-7-13)19(21(30)32-5-2)27(26-18)11-16(28)14-8-9-15(12(3)10-14)22(23,24)25/h8-10,13H,4-7,11H2,1-3H3. The van der Waals surface area contributed by atoms with Gasteiger partial charge in [0.05, 0.1) is 18.8 Å². The topological polar surface area (TPSA) is 87.5 Å². The molecule has 1 aliphatic carbocycles. The molecule has 0 radical (unpaired) electrons. The van der Waals surface area contributed by atoms with E-state index in [0.717, 1.165) is 35.7 Å². The minimum absolute atomic E-state index is 0.00520. The van der Waals surface area contributed by atoms with Gasteiger partial charge in [-0.05, 0) is 57.2 Å². The van der Waals surface area contributed by atoms with E-state index in [9.17, 15) is 27.6 Å². The number of rotatable bonds is 8. The van der Waals surface area contributed by atoms with Crippen LogP contribution in [0, 0.1) is 6.92 Å². The molecule has 10 heteroatoms. The third kappa shape index (κ3) is 4.84. The van der Waals surface area contributed by atoms with Crippen LogP contribution in [0.1, 0.15) is 80.6 Å². The van der Waals surface area contributed by atoms with Crippen molar-refractivity contribution in [1.82, 2.24) is 9.78 Å². The summed E-state index contributed by atoms with van der Waals surface area (Å²) in [6.45, 7) is 4.26. The quantitative estimate of drug-likeness (QED) is 0.438. The third-order valence-electron chi connectivity index (χ3n) is 5.06. The minimum atomic E-state index is -4.53. The Morgan fingerprint density at radius 2 is 1.72 bits per heavy atom. The van der Waals surface area contributed by atoms with Gasteiger partial charge in [0.15, 0.2) is 17.2 Å². The molecule has 172 valence electrons. The third-order valence-corrected chi connectivity index (χ3v) is 5.06. The molecule has 1 aromatic heterocycles. The molecule has 7 nitrogen and oxygen atoms in total. The van der Waals surface area contributed by atoms with Gasteiger partial charge in [0, 0.05) is 11.1 Å². The van der Waals surface area contributed by atoms with Crippen molar-refractivity contribution >= 4 is 17.7 Å². The molecule has 0 atom stereocenters. The molecule has 32 heavy (non-hydrogen) atoms. The number of hydrogen-bond donors (Lipinski definition) is 0. The first-order chi connectivity index (χ1) is 15.1. The maximum Gasteiger partial charge on any atom is 0.416 e. The largest absolute Gasteiger partial charge is 0.461 e. The average molecular weight is 452 g/mol. The fourth-order valence-corrected chi connectivity index (χ4v) is 3.50. The fourth-order valence-electron chi connectivity index (χ4n) is 3.50. The number of esters is 2. The summed E-state index contributed by atoms with van der Waals surface area (Å²) in [7, 11) is 0. The van der Waals surface area contributed by atoms with E-state index in [-0.39, 0.29) is 41.6 Å². The molecule has 0 unspecified atom stereocenters. The summed E-state index contributed by atoms with van der Waals surface area (Å²) in [4.78, 5) is 38.0. The van der Waals surface area contributed by atoms with Crippen molar-refractivity contribution in [3.8, 4) is 0 Å². The van der Waals surface area contributed by atoms with Gasteiger partial charge < -0.3 is 9.47 Å². The number of ketones is 1. The number of hydrogen-bond acceptors (Lipinski definition) is 6. The van der Waals surface area contributed by atoms with Gasteiger partial charge in [-0.25, -0.2) is 14.3 Å². The first-order valence-corrected chi connectivity index (χ1v) is 10.2. The number of Topliss-reactive ketones (excluding diaryl/α,β-unsaturated/α-hetero) is 1. The summed E-state index contributed by atoms with van der Waals surface area (Å²) in [5, 5.41) is 4.18. The van der Waals surface area contributed by atoms with Crippen LogP contribution in [0.15, 0.2) is 18.2 Å². The highest BCUT2D eigenvalue weighted by Crippen LogP contribution is 2.44. The summed E-state index contributed by atoms with van der Waals surface area (Å²) in [5.41, 5.74) is -0.561. The highest BCUT2D eigenvalue weighted by molar-refractivity contribution is 5.99. The summed E-state index contributed by atoms with van der Waals surface area (Å²) < 4.78 is 50.3. The summed E-state index contributed by atoms with van der Waals surface area (Å²) in [6.07, 6.45) is -3.04. The molecule has 1 heterocycles. The van der Waals surface area contributed by atoms with Gasteiger partial charge in [0.1, 0.15) is 6.54 Å². The number of ether oxygens (including phenoxy) is 2. The fraction of sp³-hybridized carbons (Fsp3) is 0.455. The van der Waals surface area contributed by atoms with Crippen molar-refractivity contribution in [3.63, 3.8) is 0 Å². The zero-order valence-corrected chi connectivity index (χ0v) is 17.9. The van der Waals surface area contributed by atoms with Gasteiger partial charge in [-0.2, -0.15) is 18.3 Å². The highest BCUT2D eigenvalue weighted by atomic mass is 19.4. The van der Waals surface area contributed by atoms with Crippen LogP contribution in [0.25, 0.3) is 0 Å². The van der Waals surface area contributed by atoms with Crippen LogP contribution in [-0.2, 0) is 22.2 Å². The normalized spacial score (nSPS) is 13.7. The van der Waals surface area contributed by atoms with E-state index in [1.807, 2.05) is 0 Å². The molecule has 2 aromatic rings. The Kier molecular flexibility index (Phi) is 6.71. The number of carbonyl (C=O) groups is 3. The van der Waals surface area contributed by atoms with Gasteiger partial charge in [-0.3, -0.25) is 4.79 Å². The van der Waals surface area contributed by atoms with E-state index in [2.05, 4.69) is 5.10 Å². The van der Waals surface area contributed by atoms with Crippen LogP contribution in [0.4, 0.5) is 13.2 Å². The zero-order valence-electron chi connectivity index (χ0n) is 17.9. The lowest BCUT2D eigenvalue weighted by molar-refractivity contribution is -0.138. The Balaban J connectivity index is 2.00. The molecule has 1 aromatic carbocycles. The molecular formula is C22H23F3N2O5. The molecule has 0 N–H and O–H groups in total. The molecule has 0 aliphatic heterocycles. The average Bonchev–Trinajstić information content (AvgIpc) is 3.48. The second-order valence-electron chi connectivity index (χ2n) is 7.43. The van der Waals surface area contributed by atoms with Crippen LogP contribution in [0.2, 0.25) is 0 Å². The lowest BCUT2D eigenvalue weighted by atomic mass is 10.0. The molecule has 3 rings (SSSR count). The number of benzene rings is 1. The molecule has 0 saturated heterocycles. The van der Waals surface area contributed by atoms with Crippen molar-refractivity contribution in [2.75, 3.05) is 13.2 Å². The van der Waals surface area contributed by atoms with Crippen LogP contribution >= 0.6 is 0 Å². The smallest absolute Gasteiger partial charge is 0.416 e. The molecular weight excluding hydrogens is 429 g/mol. The minimum Gasteiger partial charge on any atom is -0.461 e. The second kappa shape index (κ2) is 9.13. The maximum absolute atomic E-state index is 13.0. The Hall–Kier alpha value is -3.17. The van der Waals surface area contributed by atoms with E-state index in [0.29, 0.717) is 5.56 Å². The van der Waals surface area contributed by atoms with Crippen LogP contribution in [0.5, 0.6) is 0 Å². The molecule has 0 amide bonds. The van der Waals surface area contributed by atoms with Crippen LogP contribution in [0.3, 0.4) is 0 Å². The number of halogens is 3. The van der Waals surface area contributed by atoms with Gasteiger partial charge in [0.2, 0.25) is 0 Å². The monoisotopic (exact) mass is 452 g/mol. The Morgan fingerprint density at radius 1 is 1.09 bits per heavy atom. The zero-order chi connectivity index (χ0) is 23.6. The Bertz CT molecular complexity index is 1050. The van der Waals surface area contributed by atoms with Crippen molar-refractivity contribution < 1.29 is 37.0 Å². The lowest BCUT2D eigenvalue weighted by Gasteiger charge is -2.12. The molecule has 1 saturated carbocycles. The predicted octanol–water partition coefficient (Wildman–Crippen LogP) is 4.32. The Labute approximate surface area is 182 Å². The maximum atomic E-state index is 13.0. The van der Waals surface area contributed by atoms with Gasteiger partial charge in [0.25, 0.3) is 0 Å². The van der Waals surface area contributed by atoms with Crippen molar-refractivity contribution in [2.45, 2.75) is 52.3 Å². The summed E-state index contributed by atoms with van der Waals surface area (Å²) >= 11 is 0. The first kappa shape index (κ1) is 23.5. The second-order valence-corrected chi connectivity index (χ2v) is 7.43. The summed E-state index contributed by atoms with van der Waals surface area (Å²) in [6, 6.07) is 3.07. The number of aromatic nitrogens is 2. The highest BCUT2D eigenvalue weighted by Gasteiger charge is 2.39. The van der Waals surface area contributed by atoms with Crippen molar-refractivity contribution in [2.24, 2.45) is 0 Å². The van der Waals surface area contributed by atoms with Crippen LogP contribution < -0.4 is 0 Å². The van der Waals surface area contributed by atoms with Crippen molar-refractivity contribution in [3.05, 3.63) is 51.8 Å². The first-order valence-electron chi connectivity index (χ1n) is 10.2. The molecule has 1 fully saturated rings. The van der Waals surface area contributed by atoms with E-state index in [1.54, 1.807) is 13.8 Å². The van der Waals surface area contributed by atoms with E-state index >= 15 is 0 Å². The SMILES string of the molecule is CCOC(=O)c1nn(CC(=O)c2ccc(C(F)(F)F)c(C)c2)c(C(=O)OCC)c1C1CC1. The van der Waals surface area contributed by atoms with Gasteiger partial charge >= 0.3 is 18.1 Å². The molecule has 1 aliphatic rings. The number of alkyl halides is 3. The number of carbonyl (C=O) groups excluding carboxylic acids is 3. The van der Waals surface area contributed by atoms with E-state index in [4.69, 9.17) is 9.47 Å². The van der Waals surface area contributed by atoms with Gasteiger partial charge in [-0.1, -0.05) is 6.07 Å². The lowest BCUT2D eigenvalue weighted by Crippen LogP contribution is -2.19. The van der Waals surface area contributed by atoms with E-state index < -0.39 is 36.0 Å². The predicted molar refractivity (Wildman–Crippen MR) is 107 cm³/mol. The molecule has 0 bridgehead atoms. The van der Waals surface area contributed by atoms with Gasteiger partial charge in [-0.15, -0.1) is 0 Å². The molecule has 0 spiro atoms. The van der Waals surface area contributed by atoms with E-state index in [1.165, 1.54) is 6.92 Å².